The van der Waals surface area contributed by atoms with Gasteiger partial charge in [-0.25, -0.2) is 4.98 Å². The van der Waals surface area contributed by atoms with E-state index in [2.05, 4.69) is 22.5 Å². The highest BCUT2D eigenvalue weighted by atomic mass is 16.5. The van der Waals surface area contributed by atoms with Crippen molar-refractivity contribution in [2.24, 2.45) is 0 Å². The number of rotatable bonds is 8. The second-order valence-electron chi connectivity index (χ2n) is 5.03. The van der Waals surface area contributed by atoms with Crippen molar-refractivity contribution in [1.82, 2.24) is 10.3 Å². The van der Waals surface area contributed by atoms with E-state index in [1.54, 1.807) is 6.20 Å². The number of unbranched alkanes of at least 4 members (excludes halogenated alkanes) is 1. The van der Waals surface area contributed by atoms with Crippen molar-refractivity contribution in [3.05, 3.63) is 18.3 Å². The van der Waals surface area contributed by atoms with Gasteiger partial charge in [-0.15, -0.1) is 0 Å². The van der Waals surface area contributed by atoms with Crippen LogP contribution in [0, 0.1) is 0 Å². The maximum Gasteiger partial charge on any atom is 0.242 e. The highest BCUT2D eigenvalue weighted by molar-refractivity contribution is 5.84. The number of aromatic nitrogens is 1. The van der Waals surface area contributed by atoms with Gasteiger partial charge in [0.1, 0.15) is 6.04 Å². The molecule has 5 nitrogen and oxygen atoms in total. The molecule has 0 bridgehead atoms. The second kappa shape index (κ2) is 8.40. The third-order valence-electron chi connectivity index (χ3n) is 2.71. The Morgan fingerprint density at radius 2 is 2.15 bits per heavy atom. The van der Waals surface area contributed by atoms with Crippen molar-refractivity contribution in [2.75, 3.05) is 11.9 Å². The first-order chi connectivity index (χ1) is 9.54. The minimum Gasteiger partial charge on any atom is -0.473 e. The summed E-state index contributed by atoms with van der Waals surface area (Å²) >= 11 is 0. The molecule has 1 heterocycles. The van der Waals surface area contributed by atoms with Crippen LogP contribution in [0.2, 0.25) is 0 Å². The molecular formula is C15H25N3O2. The molecule has 0 aliphatic carbocycles. The number of nitrogens with one attached hydrogen (secondary N) is 2. The third kappa shape index (κ3) is 5.47. The average molecular weight is 279 g/mol. The van der Waals surface area contributed by atoms with Crippen molar-refractivity contribution in [3.63, 3.8) is 0 Å². The Balaban J connectivity index is 2.60. The number of hydrogen-bond donors (Lipinski definition) is 2. The topological polar surface area (TPSA) is 63.2 Å². The number of carbonyl (C=O) groups excluding carboxylic acids is 1. The Hall–Kier alpha value is -1.78. The van der Waals surface area contributed by atoms with Crippen LogP contribution in [0.15, 0.2) is 18.3 Å². The first kappa shape index (κ1) is 16.3. The van der Waals surface area contributed by atoms with E-state index in [0.29, 0.717) is 12.4 Å². The predicted octanol–water partition coefficient (Wildman–Crippen LogP) is 2.59. The lowest BCUT2D eigenvalue weighted by Crippen LogP contribution is -2.38. The van der Waals surface area contributed by atoms with E-state index in [0.717, 1.165) is 18.5 Å². The SMILES string of the molecule is CCCCNC(=O)C(C)Nc1cccnc1OC(C)C. The molecule has 2 N–H and O–H groups in total. The first-order valence-corrected chi connectivity index (χ1v) is 7.20. The molecule has 0 aliphatic rings. The molecule has 0 radical (unpaired) electrons. The lowest BCUT2D eigenvalue weighted by molar-refractivity contribution is -0.121. The van der Waals surface area contributed by atoms with Gasteiger partial charge in [0.25, 0.3) is 0 Å². The zero-order chi connectivity index (χ0) is 15.0. The van der Waals surface area contributed by atoms with Crippen LogP contribution >= 0.6 is 0 Å². The van der Waals surface area contributed by atoms with Crippen molar-refractivity contribution >= 4 is 11.6 Å². The third-order valence-corrected chi connectivity index (χ3v) is 2.71. The van der Waals surface area contributed by atoms with Gasteiger partial charge >= 0.3 is 0 Å². The first-order valence-electron chi connectivity index (χ1n) is 7.20. The minimum atomic E-state index is -0.328. The van der Waals surface area contributed by atoms with Crippen LogP contribution in [0.4, 0.5) is 5.69 Å². The van der Waals surface area contributed by atoms with E-state index < -0.39 is 0 Å². The molecular weight excluding hydrogens is 254 g/mol. The molecule has 0 aliphatic heterocycles. The molecule has 1 atom stereocenters. The van der Waals surface area contributed by atoms with Crippen molar-refractivity contribution < 1.29 is 9.53 Å². The number of amides is 1. The maximum atomic E-state index is 11.9. The summed E-state index contributed by atoms with van der Waals surface area (Å²) in [5, 5.41) is 6.04. The largest absolute Gasteiger partial charge is 0.473 e. The predicted molar refractivity (Wildman–Crippen MR) is 81.0 cm³/mol. The van der Waals surface area contributed by atoms with Crippen LogP contribution in [-0.2, 0) is 4.79 Å². The molecule has 20 heavy (non-hydrogen) atoms. The number of ether oxygens (including phenoxy) is 1. The average Bonchev–Trinajstić information content (AvgIpc) is 2.40. The number of carbonyl (C=O) groups is 1. The molecule has 0 saturated carbocycles. The summed E-state index contributed by atoms with van der Waals surface area (Å²) in [7, 11) is 0. The van der Waals surface area contributed by atoms with E-state index >= 15 is 0 Å². The van der Waals surface area contributed by atoms with Gasteiger partial charge < -0.3 is 15.4 Å². The Morgan fingerprint density at radius 1 is 1.40 bits per heavy atom. The van der Waals surface area contributed by atoms with Gasteiger partial charge in [0.2, 0.25) is 11.8 Å². The van der Waals surface area contributed by atoms with Crippen molar-refractivity contribution in [3.8, 4) is 5.88 Å². The normalized spacial score (nSPS) is 12.1. The molecule has 0 spiro atoms. The van der Waals surface area contributed by atoms with E-state index in [-0.39, 0.29) is 18.1 Å². The van der Waals surface area contributed by atoms with Gasteiger partial charge in [-0.05, 0) is 39.3 Å². The summed E-state index contributed by atoms with van der Waals surface area (Å²) in [6.45, 7) is 8.52. The Morgan fingerprint density at radius 3 is 2.80 bits per heavy atom. The molecule has 1 rings (SSSR count). The van der Waals surface area contributed by atoms with Gasteiger partial charge in [-0.3, -0.25) is 4.79 Å². The Bertz CT molecular complexity index is 421. The number of nitrogens with zero attached hydrogens (tertiary/aromatic N) is 1. The summed E-state index contributed by atoms with van der Waals surface area (Å²) in [6, 6.07) is 3.35. The number of hydrogen-bond acceptors (Lipinski definition) is 4. The second-order valence-corrected chi connectivity index (χ2v) is 5.03. The van der Waals surface area contributed by atoms with Gasteiger partial charge in [0, 0.05) is 12.7 Å². The highest BCUT2D eigenvalue weighted by Gasteiger charge is 2.15. The summed E-state index contributed by atoms with van der Waals surface area (Å²) in [5.41, 5.74) is 0.736. The molecule has 1 aromatic heterocycles. The van der Waals surface area contributed by atoms with Gasteiger partial charge in [0.15, 0.2) is 0 Å². The fourth-order valence-corrected chi connectivity index (χ4v) is 1.66. The highest BCUT2D eigenvalue weighted by Crippen LogP contribution is 2.22. The standard InChI is InChI=1S/C15H25N3O2/c1-5-6-9-16-14(19)12(4)18-13-8-7-10-17-15(13)20-11(2)3/h7-8,10-12,18H,5-6,9H2,1-4H3,(H,16,19). The lowest BCUT2D eigenvalue weighted by Gasteiger charge is -2.18. The Kier molecular flexibility index (Phi) is 6.84. The van der Waals surface area contributed by atoms with Gasteiger partial charge in [-0.1, -0.05) is 13.3 Å². The van der Waals surface area contributed by atoms with Crippen molar-refractivity contribution in [1.29, 1.82) is 0 Å². The molecule has 5 heteroatoms. The molecule has 1 aromatic rings. The van der Waals surface area contributed by atoms with E-state index in [4.69, 9.17) is 4.74 Å². The maximum absolute atomic E-state index is 11.9. The van der Waals surface area contributed by atoms with Crippen LogP contribution in [0.1, 0.15) is 40.5 Å². The summed E-state index contributed by atoms with van der Waals surface area (Å²) < 4.78 is 5.62. The fraction of sp³-hybridized carbons (Fsp3) is 0.600. The molecule has 0 aromatic carbocycles. The smallest absolute Gasteiger partial charge is 0.242 e. The fourth-order valence-electron chi connectivity index (χ4n) is 1.66. The van der Waals surface area contributed by atoms with Crippen LogP contribution < -0.4 is 15.4 Å². The molecule has 1 unspecified atom stereocenters. The summed E-state index contributed by atoms with van der Waals surface area (Å²) in [4.78, 5) is 16.1. The minimum absolute atomic E-state index is 0.0159. The molecule has 0 saturated heterocycles. The van der Waals surface area contributed by atoms with E-state index in [1.165, 1.54) is 0 Å². The number of anilines is 1. The Labute approximate surface area is 121 Å². The molecule has 112 valence electrons. The zero-order valence-corrected chi connectivity index (χ0v) is 12.8. The van der Waals surface area contributed by atoms with Crippen LogP contribution in [0.25, 0.3) is 0 Å². The lowest BCUT2D eigenvalue weighted by atomic mass is 10.2. The van der Waals surface area contributed by atoms with Crippen LogP contribution in [0.5, 0.6) is 5.88 Å². The van der Waals surface area contributed by atoms with Crippen LogP contribution in [-0.4, -0.2) is 29.6 Å². The summed E-state index contributed by atoms with van der Waals surface area (Å²) in [5.74, 6) is 0.508. The molecule has 1 amide bonds. The monoisotopic (exact) mass is 279 g/mol. The molecule has 0 fully saturated rings. The van der Waals surface area contributed by atoms with Crippen molar-refractivity contribution in [2.45, 2.75) is 52.7 Å². The quantitative estimate of drug-likeness (QED) is 0.718. The zero-order valence-electron chi connectivity index (χ0n) is 12.8. The van der Waals surface area contributed by atoms with Gasteiger partial charge in [-0.2, -0.15) is 0 Å². The van der Waals surface area contributed by atoms with Crippen LogP contribution in [0.3, 0.4) is 0 Å². The number of pyridine rings is 1. The van der Waals surface area contributed by atoms with Gasteiger partial charge in [0.05, 0.1) is 11.8 Å². The summed E-state index contributed by atoms with van der Waals surface area (Å²) in [6.07, 6.45) is 3.78. The van der Waals surface area contributed by atoms with E-state index in [1.807, 2.05) is 32.9 Å². The van der Waals surface area contributed by atoms with E-state index in [9.17, 15) is 4.79 Å².